The van der Waals surface area contributed by atoms with Crippen molar-refractivity contribution in [2.75, 3.05) is 0 Å². The summed E-state index contributed by atoms with van der Waals surface area (Å²) in [4.78, 5) is 11.6. The number of aliphatic carboxylic acids is 1. The molecule has 2 N–H and O–H groups in total. The third-order valence-corrected chi connectivity index (χ3v) is 3.93. The van der Waals surface area contributed by atoms with E-state index in [-0.39, 0.29) is 11.2 Å². The molecule has 1 rings (SSSR count). The van der Waals surface area contributed by atoms with Crippen LogP contribution in [0.4, 0.5) is 0 Å². The predicted octanol–water partition coefficient (Wildman–Crippen LogP) is 4.75. The highest BCUT2D eigenvalue weighted by Gasteiger charge is 2.25. The van der Waals surface area contributed by atoms with Gasteiger partial charge in [-0.05, 0) is 35.4 Å². The Morgan fingerprint density at radius 1 is 1.24 bits per heavy atom. The van der Waals surface area contributed by atoms with Crippen LogP contribution in [0.2, 0.25) is 0 Å². The number of aryl methyl sites for hydroxylation is 1. The summed E-state index contributed by atoms with van der Waals surface area (Å²) in [5.74, 6) is -0.989. The summed E-state index contributed by atoms with van der Waals surface area (Å²) in [6.45, 7) is 10.0. The summed E-state index contributed by atoms with van der Waals surface area (Å²) in [6.07, 6.45) is 3.69. The Bertz CT molecular complexity index is 498. The van der Waals surface area contributed by atoms with Gasteiger partial charge < -0.3 is 10.2 Å². The van der Waals surface area contributed by atoms with Crippen LogP contribution in [0, 0.1) is 6.92 Å². The highest BCUT2D eigenvalue weighted by molar-refractivity contribution is 5.76. The van der Waals surface area contributed by atoms with E-state index in [0.29, 0.717) is 6.42 Å². The van der Waals surface area contributed by atoms with E-state index in [0.717, 1.165) is 36.0 Å². The van der Waals surface area contributed by atoms with Crippen molar-refractivity contribution in [1.82, 2.24) is 0 Å². The molecule has 118 valence electrons. The van der Waals surface area contributed by atoms with Crippen LogP contribution in [0.25, 0.3) is 0 Å². The van der Waals surface area contributed by atoms with Crippen LogP contribution in [0.5, 0.6) is 5.75 Å². The molecule has 1 unspecified atom stereocenters. The smallest absolute Gasteiger partial charge is 0.310 e. The number of carboxylic acids is 1. The molecule has 21 heavy (non-hydrogen) atoms. The van der Waals surface area contributed by atoms with Crippen LogP contribution >= 0.6 is 0 Å². The van der Waals surface area contributed by atoms with Gasteiger partial charge in [0.15, 0.2) is 0 Å². The molecule has 0 aliphatic rings. The zero-order valence-electron chi connectivity index (χ0n) is 13.9. The largest absolute Gasteiger partial charge is 0.507 e. The quantitative estimate of drug-likeness (QED) is 0.744. The molecule has 0 saturated carbocycles. The van der Waals surface area contributed by atoms with Gasteiger partial charge in [0.1, 0.15) is 5.75 Å². The lowest BCUT2D eigenvalue weighted by molar-refractivity contribution is -0.139. The number of phenols is 1. The average Bonchev–Trinajstić information content (AvgIpc) is 2.36. The molecule has 0 amide bonds. The fourth-order valence-electron chi connectivity index (χ4n) is 2.61. The minimum absolute atomic E-state index is 0.211. The molecule has 0 heterocycles. The standard InChI is InChI=1S/C18H28O3/c1-6-7-8-9-14(17(20)21)13-10-12(2)16(19)15(11-13)18(3,4)5/h10-11,14,19H,6-9H2,1-5H3,(H,20,21). The van der Waals surface area contributed by atoms with E-state index < -0.39 is 11.9 Å². The number of carbonyl (C=O) groups is 1. The van der Waals surface area contributed by atoms with Crippen LogP contribution in [-0.2, 0) is 10.2 Å². The number of phenolic OH excluding ortho intramolecular Hbond substituents is 1. The normalized spacial score (nSPS) is 13.2. The maximum absolute atomic E-state index is 11.6. The second-order valence-electron chi connectivity index (χ2n) is 6.87. The fourth-order valence-corrected chi connectivity index (χ4v) is 2.61. The summed E-state index contributed by atoms with van der Waals surface area (Å²) >= 11 is 0. The van der Waals surface area contributed by atoms with Crippen LogP contribution in [0.1, 0.15) is 76.0 Å². The van der Waals surface area contributed by atoms with Gasteiger partial charge in [0.05, 0.1) is 5.92 Å². The van der Waals surface area contributed by atoms with E-state index in [1.807, 2.05) is 39.8 Å². The lowest BCUT2D eigenvalue weighted by Crippen LogP contribution is -2.16. The van der Waals surface area contributed by atoms with Gasteiger partial charge in [-0.15, -0.1) is 0 Å². The number of carboxylic acid groups (broad SMARTS) is 1. The van der Waals surface area contributed by atoms with Crippen molar-refractivity contribution in [3.63, 3.8) is 0 Å². The van der Waals surface area contributed by atoms with E-state index in [1.165, 1.54) is 0 Å². The summed E-state index contributed by atoms with van der Waals surface area (Å²) in [5, 5.41) is 19.8. The number of hydrogen-bond acceptors (Lipinski definition) is 2. The maximum atomic E-state index is 11.6. The summed E-state index contributed by atoms with van der Waals surface area (Å²) in [7, 11) is 0. The van der Waals surface area contributed by atoms with Crippen molar-refractivity contribution >= 4 is 5.97 Å². The Labute approximate surface area is 128 Å². The van der Waals surface area contributed by atoms with Gasteiger partial charge >= 0.3 is 5.97 Å². The molecule has 0 fully saturated rings. The van der Waals surface area contributed by atoms with Gasteiger partial charge in [-0.2, -0.15) is 0 Å². The second kappa shape index (κ2) is 6.97. The van der Waals surface area contributed by atoms with Crippen LogP contribution in [0.15, 0.2) is 12.1 Å². The molecule has 3 heteroatoms. The molecule has 0 aromatic heterocycles. The molecule has 3 nitrogen and oxygen atoms in total. The molecule has 1 atom stereocenters. The van der Waals surface area contributed by atoms with Crippen molar-refractivity contribution < 1.29 is 15.0 Å². The lowest BCUT2D eigenvalue weighted by atomic mass is 9.81. The van der Waals surface area contributed by atoms with Crippen LogP contribution in [0.3, 0.4) is 0 Å². The van der Waals surface area contributed by atoms with E-state index in [4.69, 9.17) is 0 Å². The van der Waals surface area contributed by atoms with Crippen LogP contribution in [-0.4, -0.2) is 16.2 Å². The predicted molar refractivity (Wildman–Crippen MR) is 86.1 cm³/mol. The van der Waals surface area contributed by atoms with Crippen molar-refractivity contribution in [2.24, 2.45) is 0 Å². The number of hydrogen-bond donors (Lipinski definition) is 2. The first-order chi connectivity index (χ1) is 9.68. The number of benzene rings is 1. The lowest BCUT2D eigenvalue weighted by Gasteiger charge is -2.24. The Hall–Kier alpha value is -1.51. The molecule has 0 spiro atoms. The van der Waals surface area contributed by atoms with E-state index in [1.54, 1.807) is 0 Å². The van der Waals surface area contributed by atoms with Gasteiger partial charge in [-0.1, -0.05) is 59.1 Å². The number of aromatic hydroxyl groups is 1. The molecule has 0 aliphatic carbocycles. The summed E-state index contributed by atoms with van der Waals surface area (Å²) in [6, 6.07) is 3.68. The van der Waals surface area contributed by atoms with Crippen molar-refractivity contribution in [3.8, 4) is 5.75 Å². The van der Waals surface area contributed by atoms with Gasteiger partial charge in [0, 0.05) is 0 Å². The van der Waals surface area contributed by atoms with Crippen molar-refractivity contribution in [2.45, 2.75) is 71.6 Å². The average molecular weight is 292 g/mol. The molecule has 0 bridgehead atoms. The van der Waals surface area contributed by atoms with Crippen molar-refractivity contribution in [3.05, 3.63) is 28.8 Å². The minimum atomic E-state index is -0.781. The molecule has 1 aromatic rings. The fraction of sp³-hybridized carbons (Fsp3) is 0.611. The maximum Gasteiger partial charge on any atom is 0.310 e. The SMILES string of the molecule is CCCCCC(C(=O)O)c1cc(C)c(O)c(C(C)(C)C)c1. The van der Waals surface area contributed by atoms with E-state index in [9.17, 15) is 15.0 Å². The molecule has 0 saturated heterocycles. The molecule has 1 aromatic carbocycles. The Morgan fingerprint density at radius 3 is 2.33 bits per heavy atom. The Kier molecular flexibility index (Phi) is 5.82. The van der Waals surface area contributed by atoms with Crippen molar-refractivity contribution in [1.29, 1.82) is 0 Å². The van der Waals surface area contributed by atoms with Gasteiger partial charge in [0.25, 0.3) is 0 Å². The molecular formula is C18H28O3. The third-order valence-electron chi connectivity index (χ3n) is 3.93. The molecular weight excluding hydrogens is 264 g/mol. The molecule has 0 aliphatic heterocycles. The Morgan fingerprint density at radius 2 is 1.86 bits per heavy atom. The van der Waals surface area contributed by atoms with E-state index in [2.05, 4.69) is 6.92 Å². The summed E-state index contributed by atoms with van der Waals surface area (Å²) < 4.78 is 0. The molecule has 0 radical (unpaired) electrons. The third kappa shape index (κ3) is 4.48. The topological polar surface area (TPSA) is 57.5 Å². The number of rotatable bonds is 6. The van der Waals surface area contributed by atoms with Crippen LogP contribution < -0.4 is 0 Å². The highest BCUT2D eigenvalue weighted by Crippen LogP contribution is 2.37. The van der Waals surface area contributed by atoms with Gasteiger partial charge in [-0.3, -0.25) is 4.79 Å². The second-order valence-corrected chi connectivity index (χ2v) is 6.87. The van der Waals surface area contributed by atoms with Gasteiger partial charge in [-0.25, -0.2) is 0 Å². The zero-order valence-corrected chi connectivity index (χ0v) is 13.9. The zero-order chi connectivity index (χ0) is 16.2. The Balaban J connectivity index is 3.20. The first-order valence-electron chi connectivity index (χ1n) is 7.75. The minimum Gasteiger partial charge on any atom is -0.507 e. The summed E-state index contributed by atoms with van der Waals surface area (Å²) in [5.41, 5.74) is 2.16. The van der Waals surface area contributed by atoms with E-state index >= 15 is 0 Å². The first kappa shape index (κ1) is 17.5. The van der Waals surface area contributed by atoms with Gasteiger partial charge in [0.2, 0.25) is 0 Å². The monoisotopic (exact) mass is 292 g/mol. The highest BCUT2D eigenvalue weighted by atomic mass is 16.4. The first-order valence-corrected chi connectivity index (χ1v) is 7.75. The number of unbranched alkanes of at least 4 members (excludes halogenated alkanes) is 2.